The van der Waals surface area contributed by atoms with Crippen LogP contribution < -0.4 is 4.74 Å². The molecule has 1 aliphatic rings. The highest BCUT2D eigenvalue weighted by molar-refractivity contribution is 14.1. The van der Waals surface area contributed by atoms with Gasteiger partial charge in [0.15, 0.2) is 0 Å². The minimum atomic E-state index is 0.100. The van der Waals surface area contributed by atoms with Gasteiger partial charge < -0.3 is 9.64 Å². The van der Waals surface area contributed by atoms with Crippen LogP contribution >= 0.6 is 22.6 Å². The number of aromatic nitrogens is 2. The van der Waals surface area contributed by atoms with Gasteiger partial charge in [-0.25, -0.2) is 4.98 Å². The van der Waals surface area contributed by atoms with E-state index in [1.807, 2.05) is 36.1 Å². The van der Waals surface area contributed by atoms with Crippen molar-refractivity contribution in [1.82, 2.24) is 14.9 Å². The Morgan fingerprint density at radius 2 is 2.00 bits per heavy atom. The highest BCUT2D eigenvalue weighted by atomic mass is 127. The van der Waals surface area contributed by atoms with Crippen molar-refractivity contribution in [1.29, 1.82) is 0 Å². The lowest BCUT2D eigenvalue weighted by atomic mass is 10.1. The summed E-state index contributed by atoms with van der Waals surface area (Å²) in [5.41, 5.74) is 0.777. The summed E-state index contributed by atoms with van der Waals surface area (Å²) in [6.45, 7) is 3.26. The number of halogens is 1. The Balaban J connectivity index is 1.58. The average Bonchev–Trinajstić information content (AvgIpc) is 2.55. The number of aryl methyl sites for hydroxylation is 1. The minimum Gasteiger partial charge on any atom is -0.474 e. The third-order valence-corrected chi connectivity index (χ3v) is 4.81. The molecule has 0 radical (unpaired) electrons. The van der Waals surface area contributed by atoms with E-state index in [9.17, 15) is 4.79 Å². The van der Waals surface area contributed by atoms with E-state index in [4.69, 9.17) is 4.74 Å². The van der Waals surface area contributed by atoms with Crippen molar-refractivity contribution in [2.24, 2.45) is 0 Å². The Morgan fingerprint density at radius 3 is 2.70 bits per heavy atom. The van der Waals surface area contributed by atoms with Gasteiger partial charge in [0.25, 0.3) is 5.91 Å². The average molecular weight is 423 g/mol. The van der Waals surface area contributed by atoms with Crippen LogP contribution in [0.3, 0.4) is 0 Å². The molecule has 0 bridgehead atoms. The molecule has 1 fully saturated rings. The molecule has 0 aliphatic carbocycles. The summed E-state index contributed by atoms with van der Waals surface area (Å²) in [7, 11) is 0. The summed E-state index contributed by atoms with van der Waals surface area (Å²) < 4.78 is 6.89. The number of piperidine rings is 1. The zero-order chi connectivity index (χ0) is 16.2. The molecular formula is C17H18IN3O2. The first-order chi connectivity index (χ1) is 11.1. The monoisotopic (exact) mass is 423 g/mol. The van der Waals surface area contributed by atoms with E-state index < -0.39 is 0 Å². The molecule has 2 heterocycles. The molecule has 1 aromatic heterocycles. The van der Waals surface area contributed by atoms with Crippen molar-refractivity contribution in [3.8, 4) is 5.88 Å². The maximum Gasteiger partial charge on any atom is 0.254 e. The van der Waals surface area contributed by atoms with Gasteiger partial charge in [-0.3, -0.25) is 4.79 Å². The van der Waals surface area contributed by atoms with Crippen molar-refractivity contribution in [2.45, 2.75) is 25.9 Å². The third kappa shape index (κ3) is 3.99. The second-order valence-corrected chi connectivity index (χ2v) is 6.69. The Morgan fingerprint density at radius 1 is 1.26 bits per heavy atom. The van der Waals surface area contributed by atoms with Gasteiger partial charge in [0.1, 0.15) is 11.9 Å². The summed E-state index contributed by atoms with van der Waals surface area (Å²) in [5, 5.41) is 0. The fourth-order valence-corrected chi connectivity index (χ4v) is 3.27. The van der Waals surface area contributed by atoms with E-state index in [0.717, 1.165) is 22.0 Å². The number of likely N-dealkylation sites (tertiary alicyclic amines) is 1. The molecule has 3 rings (SSSR count). The van der Waals surface area contributed by atoms with Crippen LogP contribution in [0, 0.1) is 10.5 Å². The number of benzene rings is 1. The van der Waals surface area contributed by atoms with Crippen molar-refractivity contribution in [3.63, 3.8) is 0 Å². The molecule has 6 heteroatoms. The predicted octanol–water partition coefficient (Wildman–Crippen LogP) is 3.07. The van der Waals surface area contributed by atoms with E-state index in [2.05, 4.69) is 32.6 Å². The summed E-state index contributed by atoms with van der Waals surface area (Å²) in [5.74, 6) is 1.42. The van der Waals surface area contributed by atoms with Gasteiger partial charge in [0, 0.05) is 41.8 Å². The number of ether oxygens (including phenoxy) is 1. The van der Waals surface area contributed by atoms with E-state index in [0.29, 0.717) is 24.8 Å². The molecule has 1 aliphatic heterocycles. The quantitative estimate of drug-likeness (QED) is 0.713. The lowest BCUT2D eigenvalue weighted by Gasteiger charge is -2.32. The van der Waals surface area contributed by atoms with Gasteiger partial charge >= 0.3 is 0 Å². The van der Waals surface area contributed by atoms with Crippen molar-refractivity contribution in [3.05, 3.63) is 51.5 Å². The molecule has 1 saturated heterocycles. The van der Waals surface area contributed by atoms with Crippen LogP contribution in [0.1, 0.15) is 29.0 Å². The number of carbonyl (C=O) groups is 1. The number of nitrogens with zero attached hydrogens (tertiary/aromatic N) is 3. The second-order valence-electron chi connectivity index (χ2n) is 5.53. The van der Waals surface area contributed by atoms with Crippen LogP contribution in [0.25, 0.3) is 0 Å². The van der Waals surface area contributed by atoms with Gasteiger partial charge in [-0.05, 0) is 41.6 Å². The number of rotatable bonds is 3. The molecule has 120 valence electrons. The maximum atomic E-state index is 12.6. The third-order valence-electron chi connectivity index (χ3n) is 3.87. The van der Waals surface area contributed by atoms with Crippen molar-refractivity contribution in [2.75, 3.05) is 13.1 Å². The normalized spacial score (nSPS) is 15.5. The first-order valence-corrected chi connectivity index (χ1v) is 8.71. The van der Waals surface area contributed by atoms with Gasteiger partial charge in [-0.1, -0.05) is 12.1 Å². The van der Waals surface area contributed by atoms with E-state index in [1.165, 1.54) is 0 Å². The number of hydrogen-bond donors (Lipinski definition) is 0. The van der Waals surface area contributed by atoms with Crippen LogP contribution in [-0.4, -0.2) is 40.0 Å². The van der Waals surface area contributed by atoms with Crippen LogP contribution in [0.2, 0.25) is 0 Å². The smallest absolute Gasteiger partial charge is 0.254 e. The van der Waals surface area contributed by atoms with Crippen LogP contribution in [0.4, 0.5) is 0 Å². The second kappa shape index (κ2) is 7.25. The van der Waals surface area contributed by atoms with Crippen LogP contribution in [-0.2, 0) is 0 Å². The van der Waals surface area contributed by atoms with Crippen LogP contribution in [0.15, 0.2) is 36.5 Å². The number of hydrogen-bond acceptors (Lipinski definition) is 4. The maximum absolute atomic E-state index is 12.6. The minimum absolute atomic E-state index is 0.100. The standard InChI is InChI=1S/C17H18IN3O2/c1-12-19-9-6-16(20-12)23-13-7-10-21(11-8-13)17(22)14-4-2-3-5-15(14)18/h2-6,9,13H,7-8,10-11H2,1H3. The molecule has 1 amide bonds. The summed E-state index contributed by atoms with van der Waals surface area (Å²) in [4.78, 5) is 22.8. The Labute approximate surface area is 149 Å². The van der Waals surface area contributed by atoms with Gasteiger partial charge in [0.05, 0.1) is 5.56 Å². The Bertz CT molecular complexity index is 700. The number of amides is 1. The highest BCUT2D eigenvalue weighted by Gasteiger charge is 2.25. The van der Waals surface area contributed by atoms with Gasteiger partial charge in [-0.15, -0.1) is 0 Å². The van der Waals surface area contributed by atoms with Crippen molar-refractivity contribution < 1.29 is 9.53 Å². The summed E-state index contributed by atoms with van der Waals surface area (Å²) in [6.07, 6.45) is 3.44. The fraction of sp³-hybridized carbons (Fsp3) is 0.353. The topological polar surface area (TPSA) is 55.3 Å². The van der Waals surface area contributed by atoms with E-state index >= 15 is 0 Å². The molecule has 0 N–H and O–H groups in total. The molecular weight excluding hydrogens is 405 g/mol. The summed E-state index contributed by atoms with van der Waals surface area (Å²) in [6, 6.07) is 9.47. The largest absolute Gasteiger partial charge is 0.474 e. The first kappa shape index (κ1) is 16.2. The predicted molar refractivity (Wildman–Crippen MR) is 95.5 cm³/mol. The molecule has 0 atom stereocenters. The van der Waals surface area contributed by atoms with E-state index in [1.54, 1.807) is 12.3 Å². The lowest BCUT2D eigenvalue weighted by Crippen LogP contribution is -2.42. The van der Waals surface area contributed by atoms with Crippen LogP contribution in [0.5, 0.6) is 5.88 Å². The zero-order valence-electron chi connectivity index (χ0n) is 12.9. The highest BCUT2D eigenvalue weighted by Crippen LogP contribution is 2.20. The van der Waals surface area contributed by atoms with Gasteiger partial charge in [0.2, 0.25) is 5.88 Å². The van der Waals surface area contributed by atoms with Gasteiger partial charge in [-0.2, -0.15) is 4.98 Å². The molecule has 0 unspecified atom stereocenters. The molecule has 0 spiro atoms. The molecule has 23 heavy (non-hydrogen) atoms. The zero-order valence-corrected chi connectivity index (χ0v) is 15.1. The Kier molecular flexibility index (Phi) is 5.09. The SMILES string of the molecule is Cc1nccc(OC2CCN(C(=O)c3ccccc3I)CC2)n1. The molecule has 1 aromatic carbocycles. The lowest BCUT2D eigenvalue weighted by molar-refractivity contribution is 0.0586. The fourth-order valence-electron chi connectivity index (χ4n) is 2.65. The summed E-state index contributed by atoms with van der Waals surface area (Å²) >= 11 is 2.21. The molecule has 5 nitrogen and oxygen atoms in total. The number of carbonyl (C=O) groups excluding carboxylic acids is 1. The Hall–Kier alpha value is -1.70. The van der Waals surface area contributed by atoms with E-state index in [-0.39, 0.29) is 12.0 Å². The van der Waals surface area contributed by atoms with Crippen molar-refractivity contribution >= 4 is 28.5 Å². The molecule has 0 saturated carbocycles. The molecule has 2 aromatic rings. The first-order valence-electron chi connectivity index (χ1n) is 7.63.